The summed E-state index contributed by atoms with van der Waals surface area (Å²) in [6, 6.07) is 12.5. The van der Waals surface area contributed by atoms with Crippen LogP contribution in [0.5, 0.6) is 11.5 Å². The van der Waals surface area contributed by atoms with Crippen LogP contribution in [-0.4, -0.2) is 25.8 Å². The van der Waals surface area contributed by atoms with Gasteiger partial charge in [0.1, 0.15) is 11.5 Å². The first-order valence-corrected chi connectivity index (χ1v) is 7.87. The maximum atomic E-state index is 11.9. The van der Waals surface area contributed by atoms with Gasteiger partial charge >= 0.3 is 0 Å². The molecule has 0 radical (unpaired) electrons. The van der Waals surface area contributed by atoms with E-state index in [-0.39, 0.29) is 12.3 Å². The number of amides is 1. The predicted molar refractivity (Wildman–Crippen MR) is 95.1 cm³/mol. The molecule has 0 unspecified atom stereocenters. The van der Waals surface area contributed by atoms with Gasteiger partial charge in [-0.1, -0.05) is 23.7 Å². The molecule has 0 heterocycles. The molecule has 24 heavy (non-hydrogen) atoms. The summed E-state index contributed by atoms with van der Waals surface area (Å²) in [4.78, 5) is 11.9. The van der Waals surface area contributed by atoms with Crippen LogP contribution in [0.15, 0.2) is 47.6 Å². The third-order valence-electron chi connectivity index (χ3n) is 3.19. The molecule has 5 nitrogen and oxygen atoms in total. The van der Waals surface area contributed by atoms with Gasteiger partial charge in [-0.15, -0.1) is 0 Å². The van der Waals surface area contributed by atoms with E-state index >= 15 is 0 Å². The summed E-state index contributed by atoms with van der Waals surface area (Å²) >= 11 is 5.82. The van der Waals surface area contributed by atoms with Crippen molar-refractivity contribution in [3.8, 4) is 11.5 Å². The summed E-state index contributed by atoms with van der Waals surface area (Å²) in [5.74, 6) is 1.15. The quantitative estimate of drug-likeness (QED) is 0.617. The van der Waals surface area contributed by atoms with Gasteiger partial charge in [-0.3, -0.25) is 4.79 Å². The average molecular weight is 347 g/mol. The fraction of sp³-hybridized carbons (Fsp3) is 0.222. The molecule has 0 aliphatic carbocycles. The largest absolute Gasteiger partial charge is 0.497 e. The van der Waals surface area contributed by atoms with E-state index in [0.717, 1.165) is 11.1 Å². The minimum atomic E-state index is -0.213. The Morgan fingerprint density at radius 1 is 1.25 bits per heavy atom. The molecule has 0 atom stereocenters. The van der Waals surface area contributed by atoms with Crippen molar-refractivity contribution in [2.75, 3.05) is 13.7 Å². The zero-order chi connectivity index (χ0) is 17.4. The number of nitrogens with zero attached hydrogens (tertiary/aromatic N) is 1. The fourth-order valence-electron chi connectivity index (χ4n) is 2.04. The second-order valence-electron chi connectivity index (χ2n) is 4.93. The lowest BCUT2D eigenvalue weighted by Gasteiger charge is -2.08. The third-order valence-corrected chi connectivity index (χ3v) is 3.44. The molecule has 1 N–H and O–H groups in total. The molecule has 0 aliphatic rings. The van der Waals surface area contributed by atoms with Gasteiger partial charge < -0.3 is 9.47 Å². The van der Waals surface area contributed by atoms with Gasteiger partial charge in [0, 0.05) is 10.6 Å². The normalized spacial score (nSPS) is 10.6. The number of halogens is 1. The maximum absolute atomic E-state index is 11.9. The standard InChI is InChI=1S/C18H19ClN2O3/c1-3-24-17-9-8-16(23-2)11-14(17)12-20-21-18(22)10-13-4-6-15(19)7-5-13/h4-9,11-12H,3,10H2,1-2H3,(H,21,22)/b20-12+. The molecule has 1 amide bonds. The molecule has 2 aromatic carbocycles. The Bertz CT molecular complexity index is 715. The Balaban J connectivity index is 1.99. The van der Waals surface area contributed by atoms with E-state index in [1.165, 1.54) is 6.21 Å². The van der Waals surface area contributed by atoms with Crippen LogP contribution in [0.4, 0.5) is 0 Å². The Morgan fingerprint density at radius 2 is 2.00 bits per heavy atom. The van der Waals surface area contributed by atoms with Crippen molar-refractivity contribution in [1.82, 2.24) is 5.43 Å². The first-order valence-electron chi connectivity index (χ1n) is 7.49. The van der Waals surface area contributed by atoms with E-state index < -0.39 is 0 Å². The van der Waals surface area contributed by atoms with Gasteiger partial charge in [0.2, 0.25) is 5.91 Å². The highest BCUT2D eigenvalue weighted by Gasteiger charge is 2.05. The molecule has 2 rings (SSSR count). The van der Waals surface area contributed by atoms with E-state index in [4.69, 9.17) is 21.1 Å². The number of nitrogens with one attached hydrogen (secondary N) is 1. The van der Waals surface area contributed by atoms with Crippen LogP contribution in [-0.2, 0) is 11.2 Å². The minimum Gasteiger partial charge on any atom is -0.497 e. The molecule has 0 saturated carbocycles. The Kier molecular flexibility index (Phi) is 6.63. The van der Waals surface area contributed by atoms with E-state index in [0.29, 0.717) is 23.1 Å². The van der Waals surface area contributed by atoms with Crippen molar-refractivity contribution in [3.05, 3.63) is 58.6 Å². The maximum Gasteiger partial charge on any atom is 0.244 e. The van der Waals surface area contributed by atoms with Crippen LogP contribution in [0.3, 0.4) is 0 Å². The van der Waals surface area contributed by atoms with Crippen molar-refractivity contribution in [2.24, 2.45) is 5.10 Å². The zero-order valence-electron chi connectivity index (χ0n) is 13.6. The van der Waals surface area contributed by atoms with Gasteiger partial charge in [0.05, 0.1) is 26.4 Å². The Hall–Kier alpha value is -2.53. The van der Waals surface area contributed by atoms with Crippen LogP contribution >= 0.6 is 11.6 Å². The molecular formula is C18H19ClN2O3. The number of carbonyl (C=O) groups excluding carboxylic acids is 1. The molecule has 0 spiro atoms. The average Bonchev–Trinajstić information content (AvgIpc) is 2.58. The minimum absolute atomic E-state index is 0.213. The number of hydrogen-bond donors (Lipinski definition) is 1. The number of rotatable bonds is 7. The van der Waals surface area contributed by atoms with Crippen molar-refractivity contribution in [1.29, 1.82) is 0 Å². The molecule has 126 valence electrons. The van der Waals surface area contributed by atoms with Gasteiger partial charge in [-0.25, -0.2) is 5.43 Å². The van der Waals surface area contributed by atoms with Crippen molar-refractivity contribution in [3.63, 3.8) is 0 Å². The van der Waals surface area contributed by atoms with Crippen molar-refractivity contribution < 1.29 is 14.3 Å². The van der Waals surface area contributed by atoms with E-state index in [2.05, 4.69) is 10.5 Å². The first kappa shape index (κ1) is 17.8. The summed E-state index contributed by atoms with van der Waals surface area (Å²) in [5, 5.41) is 4.63. The Labute approximate surface area is 146 Å². The highest BCUT2D eigenvalue weighted by atomic mass is 35.5. The molecule has 0 saturated heterocycles. The molecule has 0 aromatic heterocycles. The highest BCUT2D eigenvalue weighted by Crippen LogP contribution is 2.22. The van der Waals surface area contributed by atoms with Crippen LogP contribution in [0.2, 0.25) is 5.02 Å². The Morgan fingerprint density at radius 3 is 2.67 bits per heavy atom. The summed E-state index contributed by atoms with van der Waals surface area (Å²) in [7, 11) is 1.59. The lowest BCUT2D eigenvalue weighted by molar-refractivity contribution is -0.120. The van der Waals surface area contributed by atoms with Crippen LogP contribution in [0.25, 0.3) is 0 Å². The SMILES string of the molecule is CCOc1ccc(OC)cc1/C=N/NC(=O)Cc1ccc(Cl)cc1. The summed E-state index contributed by atoms with van der Waals surface area (Å²) in [6.07, 6.45) is 1.76. The second-order valence-corrected chi connectivity index (χ2v) is 5.37. The summed E-state index contributed by atoms with van der Waals surface area (Å²) in [6.45, 7) is 2.44. The number of hydrazone groups is 1. The zero-order valence-corrected chi connectivity index (χ0v) is 14.3. The van der Waals surface area contributed by atoms with E-state index in [1.54, 1.807) is 49.6 Å². The van der Waals surface area contributed by atoms with Crippen LogP contribution < -0.4 is 14.9 Å². The molecule has 0 aliphatic heterocycles. The number of methoxy groups -OCH3 is 1. The predicted octanol–water partition coefficient (Wildman–Crippen LogP) is 3.44. The van der Waals surface area contributed by atoms with Gasteiger partial charge in [-0.05, 0) is 42.8 Å². The van der Waals surface area contributed by atoms with E-state index in [1.807, 2.05) is 6.92 Å². The smallest absolute Gasteiger partial charge is 0.244 e. The molecule has 0 bridgehead atoms. The van der Waals surface area contributed by atoms with E-state index in [9.17, 15) is 4.79 Å². The van der Waals surface area contributed by atoms with Crippen LogP contribution in [0.1, 0.15) is 18.1 Å². The van der Waals surface area contributed by atoms with Crippen molar-refractivity contribution >= 4 is 23.7 Å². The molecular weight excluding hydrogens is 328 g/mol. The van der Waals surface area contributed by atoms with Gasteiger partial charge in [-0.2, -0.15) is 5.10 Å². The number of benzene rings is 2. The van der Waals surface area contributed by atoms with Crippen LogP contribution in [0, 0.1) is 0 Å². The second kappa shape index (κ2) is 8.93. The molecule has 0 fully saturated rings. The van der Waals surface area contributed by atoms with Gasteiger partial charge in [0.25, 0.3) is 0 Å². The molecule has 6 heteroatoms. The lowest BCUT2D eigenvalue weighted by Crippen LogP contribution is -2.19. The highest BCUT2D eigenvalue weighted by molar-refractivity contribution is 6.30. The topological polar surface area (TPSA) is 59.9 Å². The summed E-state index contributed by atoms with van der Waals surface area (Å²) in [5.41, 5.74) is 4.09. The monoisotopic (exact) mass is 346 g/mol. The molecule has 2 aromatic rings. The number of ether oxygens (including phenoxy) is 2. The van der Waals surface area contributed by atoms with Gasteiger partial charge in [0.15, 0.2) is 0 Å². The number of hydrogen-bond acceptors (Lipinski definition) is 4. The van der Waals surface area contributed by atoms with Crippen molar-refractivity contribution in [2.45, 2.75) is 13.3 Å². The lowest BCUT2D eigenvalue weighted by atomic mass is 10.1. The number of carbonyl (C=O) groups is 1. The fourth-order valence-corrected chi connectivity index (χ4v) is 2.17. The summed E-state index contributed by atoms with van der Waals surface area (Å²) < 4.78 is 10.7. The first-order chi connectivity index (χ1) is 11.6. The third kappa shape index (κ3) is 5.28.